The van der Waals surface area contributed by atoms with Crippen LogP contribution < -0.4 is 15.5 Å². The zero-order valence-electron chi connectivity index (χ0n) is 17.5. The Kier molecular flexibility index (Phi) is 6.18. The third kappa shape index (κ3) is 4.69. The Morgan fingerprint density at radius 3 is 2.58 bits per heavy atom. The fourth-order valence-corrected chi connectivity index (χ4v) is 4.35. The number of rotatable bonds is 5. The molecular formula is C23H26F2N4O2. The summed E-state index contributed by atoms with van der Waals surface area (Å²) in [5, 5.41) is 4.81. The molecule has 8 heteroatoms. The summed E-state index contributed by atoms with van der Waals surface area (Å²) in [6.45, 7) is 3.10. The molecule has 1 atom stereocenters. The van der Waals surface area contributed by atoms with Crippen molar-refractivity contribution in [2.45, 2.75) is 25.3 Å². The standard InChI is InChI=1S/C23H26F2N4O2/c1-28-11-8-16-12-15(4-7-20(16)28)21(29-9-2-3-10-29)14-26-22(30)23(31)27-19-13-17(24)5-6-18(19)25/h4-7,12-13,21H,2-3,8-11,14H2,1H3,(H,26,30)(H,27,31). The molecular weight excluding hydrogens is 402 g/mol. The number of hydrogen-bond donors (Lipinski definition) is 2. The Morgan fingerprint density at radius 2 is 1.81 bits per heavy atom. The minimum atomic E-state index is -1.03. The SMILES string of the molecule is CN1CCc2cc(C(CNC(=O)C(=O)Nc3cc(F)ccc3F)N3CCCC3)ccc21. The number of amides is 2. The summed E-state index contributed by atoms with van der Waals surface area (Å²) in [5.41, 5.74) is 3.26. The van der Waals surface area contributed by atoms with Gasteiger partial charge in [0.05, 0.1) is 11.7 Å². The highest BCUT2D eigenvalue weighted by Crippen LogP contribution is 2.32. The Balaban J connectivity index is 1.45. The van der Waals surface area contributed by atoms with Gasteiger partial charge in [-0.05, 0) is 61.7 Å². The lowest BCUT2D eigenvalue weighted by Gasteiger charge is -2.28. The van der Waals surface area contributed by atoms with Crippen molar-refractivity contribution < 1.29 is 18.4 Å². The smallest absolute Gasteiger partial charge is 0.313 e. The van der Waals surface area contributed by atoms with Gasteiger partial charge >= 0.3 is 11.8 Å². The second kappa shape index (κ2) is 9.01. The zero-order chi connectivity index (χ0) is 22.0. The molecule has 0 aromatic heterocycles. The van der Waals surface area contributed by atoms with E-state index in [2.05, 4.69) is 45.7 Å². The van der Waals surface area contributed by atoms with Gasteiger partial charge in [-0.15, -0.1) is 0 Å². The summed E-state index contributed by atoms with van der Waals surface area (Å²) < 4.78 is 27.1. The molecule has 4 rings (SSSR count). The van der Waals surface area contributed by atoms with Crippen LogP contribution in [0, 0.1) is 11.6 Å². The third-order valence-electron chi connectivity index (χ3n) is 6.04. The van der Waals surface area contributed by atoms with E-state index in [9.17, 15) is 18.4 Å². The molecule has 2 amide bonds. The van der Waals surface area contributed by atoms with Crippen LogP contribution in [0.25, 0.3) is 0 Å². The van der Waals surface area contributed by atoms with Gasteiger partial charge < -0.3 is 15.5 Å². The van der Waals surface area contributed by atoms with Crippen LogP contribution >= 0.6 is 0 Å². The second-order valence-electron chi connectivity index (χ2n) is 8.11. The van der Waals surface area contributed by atoms with Crippen LogP contribution in [0.3, 0.4) is 0 Å². The van der Waals surface area contributed by atoms with Gasteiger partial charge in [0.15, 0.2) is 0 Å². The van der Waals surface area contributed by atoms with E-state index >= 15 is 0 Å². The van der Waals surface area contributed by atoms with Gasteiger partial charge in [-0.25, -0.2) is 8.78 Å². The third-order valence-corrected chi connectivity index (χ3v) is 6.04. The molecule has 1 saturated heterocycles. The highest BCUT2D eigenvalue weighted by atomic mass is 19.1. The maximum Gasteiger partial charge on any atom is 0.313 e. The van der Waals surface area contributed by atoms with Gasteiger partial charge in [0.25, 0.3) is 0 Å². The fraction of sp³-hybridized carbons (Fsp3) is 0.391. The Labute approximate surface area is 180 Å². The van der Waals surface area contributed by atoms with Gasteiger partial charge in [0.1, 0.15) is 11.6 Å². The van der Waals surface area contributed by atoms with Crippen molar-refractivity contribution in [1.82, 2.24) is 10.2 Å². The fourth-order valence-electron chi connectivity index (χ4n) is 4.35. The van der Waals surface area contributed by atoms with E-state index in [0.717, 1.165) is 62.7 Å². The first-order valence-corrected chi connectivity index (χ1v) is 10.5. The molecule has 164 valence electrons. The van der Waals surface area contributed by atoms with Crippen LogP contribution in [0.2, 0.25) is 0 Å². The van der Waals surface area contributed by atoms with Gasteiger partial charge in [-0.1, -0.05) is 12.1 Å². The van der Waals surface area contributed by atoms with Crippen molar-refractivity contribution in [3.05, 3.63) is 59.2 Å². The second-order valence-corrected chi connectivity index (χ2v) is 8.11. The van der Waals surface area contributed by atoms with Crippen LogP contribution in [-0.4, -0.2) is 49.9 Å². The number of carbonyl (C=O) groups is 2. The molecule has 31 heavy (non-hydrogen) atoms. The van der Waals surface area contributed by atoms with Crippen LogP contribution in [0.15, 0.2) is 36.4 Å². The lowest BCUT2D eigenvalue weighted by atomic mass is 10.0. The monoisotopic (exact) mass is 428 g/mol. The van der Waals surface area contributed by atoms with Crippen molar-refractivity contribution in [3.63, 3.8) is 0 Å². The molecule has 0 bridgehead atoms. The minimum absolute atomic E-state index is 0.0543. The van der Waals surface area contributed by atoms with E-state index in [1.807, 2.05) is 0 Å². The molecule has 2 aromatic rings. The summed E-state index contributed by atoms with van der Waals surface area (Å²) in [5.74, 6) is -3.41. The highest BCUT2D eigenvalue weighted by molar-refractivity contribution is 6.39. The number of fused-ring (bicyclic) bond motifs is 1. The van der Waals surface area contributed by atoms with Crippen LogP contribution in [-0.2, 0) is 16.0 Å². The molecule has 1 fully saturated rings. The van der Waals surface area contributed by atoms with E-state index in [4.69, 9.17) is 0 Å². The summed E-state index contributed by atoms with van der Waals surface area (Å²) >= 11 is 0. The number of halogens is 2. The number of nitrogens with one attached hydrogen (secondary N) is 2. The average molecular weight is 428 g/mol. The van der Waals surface area contributed by atoms with Crippen LogP contribution in [0.5, 0.6) is 0 Å². The summed E-state index contributed by atoms with van der Waals surface area (Å²) in [6, 6.07) is 9.02. The quantitative estimate of drug-likeness (QED) is 0.719. The molecule has 2 N–H and O–H groups in total. The molecule has 0 saturated carbocycles. The zero-order valence-corrected chi connectivity index (χ0v) is 17.5. The van der Waals surface area contributed by atoms with Gasteiger partial charge in [-0.3, -0.25) is 14.5 Å². The first kappa shape index (κ1) is 21.2. The highest BCUT2D eigenvalue weighted by Gasteiger charge is 2.27. The van der Waals surface area contributed by atoms with Crippen molar-refractivity contribution in [2.75, 3.05) is 43.4 Å². The number of anilines is 2. The van der Waals surface area contributed by atoms with Crippen LogP contribution in [0.1, 0.15) is 30.0 Å². The number of likely N-dealkylation sites (tertiary alicyclic amines) is 1. The summed E-state index contributed by atoms with van der Waals surface area (Å²) in [7, 11) is 2.07. The van der Waals surface area contributed by atoms with Crippen molar-refractivity contribution in [2.24, 2.45) is 0 Å². The van der Waals surface area contributed by atoms with E-state index in [0.29, 0.717) is 0 Å². The predicted molar refractivity (Wildman–Crippen MR) is 115 cm³/mol. The largest absolute Gasteiger partial charge is 0.374 e. The molecule has 2 aliphatic heterocycles. The number of carbonyl (C=O) groups excluding carboxylic acids is 2. The molecule has 1 unspecified atom stereocenters. The molecule has 0 aliphatic carbocycles. The Morgan fingerprint density at radius 1 is 1.03 bits per heavy atom. The molecule has 2 aromatic carbocycles. The predicted octanol–water partition coefficient (Wildman–Crippen LogP) is 2.85. The van der Waals surface area contributed by atoms with Crippen molar-refractivity contribution in [3.8, 4) is 0 Å². The average Bonchev–Trinajstić information content (AvgIpc) is 3.41. The number of hydrogen-bond acceptors (Lipinski definition) is 4. The number of nitrogens with zero attached hydrogens (tertiary/aromatic N) is 2. The normalized spacial score (nSPS) is 16.8. The van der Waals surface area contributed by atoms with Gasteiger partial charge in [0, 0.05) is 31.9 Å². The first-order chi connectivity index (χ1) is 14.9. The first-order valence-electron chi connectivity index (χ1n) is 10.5. The molecule has 6 nitrogen and oxygen atoms in total. The number of likely N-dealkylation sites (N-methyl/N-ethyl adjacent to an activating group) is 1. The topological polar surface area (TPSA) is 64.7 Å². The molecule has 2 heterocycles. The van der Waals surface area contributed by atoms with E-state index < -0.39 is 23.4 Å². The van der Waals surface area contributed by atoms with E-state index in [-0.39, 0.29) is 18.3 Å². The lowest BCUT2D eigenvalue weighted by molar-refractivity contribution is -0.136. The molecule has 2 aliphatic rings. The summed E-state index contributed by atoms with van der Waals surface area (Å²) in [6.07, 6.45) is 3.18. The van der Waals surface area contributed by atoms with E-state index in [1.54, 1.807) is 0 Å². The van der Waals surface area contributed by atoms with Gasteiger partial charge in [0.2, 0.25) is 0 Å². The van der Waals surface area contributed by atoms with E-state index in [1.165, 1.54) is 11.3 Å². The maximum atomic E-state index is 13.7. The lowest BCUT2D eigenvalue weighted by Crippen LogP contribution is -2.41. The van der Waals surface area contributed by atoms with Crippen molar-refractivity contribution >= 4 is 23.2 Å². The number of benzene rings is 2. The summed E-state index contributed by atoms with van der Waals surface area (Å²) in [4.78, 5) is 29.1. The minimum Gasteiger partial charge on any atom is -0.374 e. The maximum absolute atomic E-state index is 13.7. The molecule has 0 radical (unpaired) electrons. The molecule has 0 spiro atoms. The van der Waals surface area contributed by atoms with Crippen molar-refractivity contribution in [1.29, 1.82) is 0 Å². The Hall–Kier alpha value is -3.00. The van der Waals surface area contributed by atoms with Gasteiger partial charge in [-0.2, -0.15) is 0 Å². The van der Waals surface area contributed by atoms with Crippen LogP contribution in [0.4, 0.5) is 20.2 Å². The Bertz CT molecular complexity index is 992.